The summed E-state index contributed by atoms with van der Waals surface area (Å²) in [5.41, 5.74) is 1.99. The van der Waals surface area contributed by atoms with Crippen molar-refractivity contribution in [3.05, 3.63) is 45.1 Å². The Morgan fingerprint density at radius 1 is 1.11 bits per heavy atom. The topological polar surface area (TPSA) is 58.2 Å². The van der Waals surface area contributed by atoms with E-state index in [4.69, 9.17) is 0 Å². The van der Waals surface area contributed by atoms with Gasteiger partial charge in [0.1, 0.15) is 0 Å². The summed E-state index contributed by atoms with van der Waals surface area (Å²) in [5, 5.41) is 7.23. The molecule has 0 radical (unpaired) electrons. The highest BCUT2D eigenvalue weighted by Gasteiger charge is 2.08. The Bertz CT molecular complexity index is 607. The van der Waals surface area contributed by atoms with Crippen LogP contribution >= 0.6 is 27.3 Å². The number of hydrogen-bond acceptors (Lipinski definition) is 3. The van der Waals surface area contributed by atoms with Crippen LogP contribution in [0.15, 0.2) is 39.5 Å². The summed E-state index contributed by atoms with van der Waals surface area (Å²) in [6.07, 6.45) is 0. The SMILES string of the molecule is CC(=O)Nc1ccc(NC(=O)c2csc(Br)c2)cc1. The lowest BCUT2D eigenvalue weighted by Gasteiger charge is -2.06. The molecule has 0 fully saturated rings. The molecule has 2 rings (SSSR count). The molecule has 0 saturated heterocycles. The van der Waals surface area contributed by atoms with Gasteiger partial charge in [-0.15, -0.1) is 11.3 Å². The first kappa shape index (κ1) is 13.8. The van der Waals surface area contributed by atoms with E-state index in [9.17, 15) is 9.59 Å². The third-order valence-electron chi connectivity index (χ3n) is 2.29. The van der Waals surface area contributed by atoms with Gasteiger partial charge in [0.25, 0.3) is 5.91 Å². The zero-order valence-electron chi connectivity index (χ0n) is 10.1. The number of halogens is 1. The normalized spacial score (nSPS) is 10.0. The molecule has 2 aromatic rings. The van der Waals surface area contributed by atoms with Gasteiger partial charge in [-0.1, -0.05) is 0 Å². The molecule has 1 aromatic carbocycles. The summed E-state index contributed by atoms with van der Waals surface area (Å²) in [6, 6.07) is 8.72. The van der Waals surface area contributed by atoms with E-state index in [1.807, 2.05) is 0 Å². The molecule has 0 aliphatic rings. The first-order valence-electron chi connectivity index (χ1n) is 5.47. The minimum atomic E-state index is -0.158. The van der Waals surface area contributed by atoms with Crippen LogP contribution in [0.2, 0.25) is 0 Å². The number of hydrogen-bond donors (Lipinski definition) is 2. The third-order valence-corrected chi connectivity index (χ3v) is 3.80. The van der Waals surface area contributed by atoms with Crippen LogP contribution in [0.1, 0.15) is 17.3 Å². The van der Waals surface area contributed by atoms with Gasteiger partial charge in [0.15, 0.2) is 0 Å². The Labute approximate surface area is 123 Å². The van der Waals surface area contributed by atoms with E-state index in [1.54, 1.807) is 35.7 Å². The highest BCUT2D eigenvalue weighted by atomic mass is 79.9. The van der Waals surface area contributed by atoms with Crippen LogP contribution < -0.4 is 10.6 Å². The minimum Gasteiger partial charge on any atom is -0.326 e. The van der Waals surface area contributed by atoms with Gasteiger partial charge in [-0.3, -0.25) is 9.59 Å². The average molecular weight is 339 g/mol. The number of anilines is 2. The lowest BCUT2D eigenvalue weighted by atomic mass is 10.2. The van der Waals surface area contributed by atoms with E-state index >= 15 is 0 Å². The fraction of sp³-hybridized carbons (Fsp3) is 0.0769. The van der Waals surface area contributed by atoms with Gasteiger partial charge in [-0.05, 0) is 46.3 Å². The number of nitrogens with one attached hydrogen (secondary N) is 2. The molecule has 0 saturated carbocycles. The molecular weight excluding hydrogens is 328 g/mol. The molecule has 0 spiro atoms. The lowest BCUT2D eigenvalue weighted by molar-refractivity contribution is -0.114. The van der Waals surface area contributed by atoms with Crippen molar-refractivity contribution in [2.75, 3.05) is 10.6 Å². The highest BCUT2D eigenvalue weighted by molar-refractivity contribution is 9.11. The van der Waals surface area contributed by atoms with Crippen LogP contribution in [0.5, 0.6) is 0 Å². The second-order valence-corrected chi connectivity index (χ2v) is 6.14. The van der Waals surface area contributed by atoms with E-state index in [-0.39, 0.29) is 11.8 Å². The summed E-state index contributed by atoms with van der Waals surface area (Å²) < 4.78 is 0.915. The maximum Gasteiger partial charge on any atom is 0.256 e. The molecular formula is C13H11BrN2O2S. The molecule has 0 aliphatic heterocycles. The molecule has 98 valence electrons. The molecule has 2 N–H and O–H groups in total. The number of thiophene rings is 1. The van der Waals surface area contributed by atoms with Crippen LogP contribution in [0, 0.1) is 0 Å². The monoisotopic (exact) mass is 338 g/mol. The van der Waals surface area contributed by atoms with Crippen LogP contribution in [-0.2, 0) is 4.79 Å². The smallest absolute Gasteiger partial charge is 0.256 e. The minimum absolute atomic E-state index is 0.125. The molecule has 4 nitrogen and oxygen atoms in total. The maximum atomic E-state index is 11.9. The van der Waals surface area contributed by atoms with Crippen LogP contribution in [0.3, 0.4) is 0 Å². The maximum absolute atomic E-state index is 11.9. The summed E-state index contributed by atoms with van der Waals surface area (Å²) >= 11 is 4.78. The molecule has 6 heteroatoms. The van der Waals surface area contributed by atoms with Crippen molar-refractivity contribution < 1.29 is 9.59 Å². The van der Waals surface area contributed by atoms with E-state index < -0.39 is 0 Å². The predicted octanol–water partition coefficient (Wildman–Crippen LogP) is 3.72. The van der Waals surface area contributed by atoms with Crippen molar-refractivity contribution in [2.45, 2.75) is 6.92 Å². The molecule has 0 aliphatic carbocycles. The molecule has 0 unspecified atom stereocenters. The molecule has 1 heterocycles. The summed E-state index contributed by atoms with van der Waals surface area (Å²) in [4.78, 5) is 22.8. The standard InChI is InChI=1S/C13H11BrN2O2S/c1-8(17)15-10-2-4-11(5-3-10)16-13(18)9-6-12(14)19-7-9/h2-7H,1H3,(H,15,17)(H,16,18). The number of carbonyl (C=O) groups is 2. The molecule has 1 aromatic heterocycles. The zero-order valence-corrected chi connectivity index (χ0v) is 12.5. The van der Waals surface area contributed by atoms with Crippen molar-refractivity contribution in [1.29, 1.82) is 0 Å². The highest BCUT2D eigenvalue weighted by Crippen LogP contribution is 2.22. The molecule has 0 bridgehead atoms. The second kappa shape index (κ2) is 5.99. The van der Waals surface area contributed by atoms with Crippen LogP contribution in [-0.4, -0.2) is 11.8 Å². The lowest BCUT2D eigenvalue weighted by Crippen LogP contribution is -2.11. The number of benzene rings is 1. The predicted molar refractivity (Wildman–Crippen MR) is 80.7 cm³/mol. The number of carbonyl (C=O) groups excluding carboxylic acids is 2. The first-order valence-corrected chi connectivity index (χ1v) is 7.15. The van der Waals surface area contributed by atoms with E-state index in [0.717, 1.165) is 3.79 Å². The molecule has 19 heavy (non-hydrogen) atoms. The van der Waals surface area contributed by atoms with Gasteiger partial charge < -0.3 is 10.6 Å². The van der Waals surface area contributed by atoms with Crippen molar-refractivity contribution >= 4 is 50.5 Å². The Kier molecular flexibility index (Phi) is 4.34. The Balaban J connectivity index is 2.03. The quantitative estimate of drug-likeness (QED) is 0.895. The fourth-order valence-corrected chi connectivity index (χ4v) is 2.61. The van der Waals surface area contributed by atoms with Gasteiger partial charge in [-0.2, -0.15) is 0 Å². The van der Waals surface area contributed by atoms with Crippen molar-refractivity contribution in [3.63, 3.8) is 0 Å². The second-order valence-electron chi connectivity index (χ2n) is 3.85. The van der Waals surface area contributed by atoms with Gasteiger partial charge in [0, 0.05) is 23.7 Å². The number of rotatable bonds is 3. The van der Waals surface area contributed by atoms with Gasteiger partial charge in [0.05, 0.1) is 9.35 Å². The van der Waals surface area contributed by atoms with Gasteiger partial charge in [0.2, 0.25) is 5.91 Å². The van der Waals surface area contributed by atoms with Crippen LogP contribution in [0.4, 0.5) is 11.4 Å². The largest absolute Gasteiger partial charge is 0.326 e. The number of amides is 2. The summed E-state index contributed by atoms with van der Waals surface area (Å²) in [5.74, 6) is -0.283. The van der Waals surface area contributed by atoms with Crippen molar-refractivity contribution in [3.8, 4) is 0 Å². The summed E-state index contributed by atoms with van der Waals surface area (Å²) in [7, 11) is 0. The van der Waals surface area contributed by atoms with E-state index in [1.165, 1.54) is 18.3 Å². The van der Waals surface area contributed by atoms with Crippen LogP contribution in [0.25, 0.3) is 0 Å². The Morgan fingerprint density at radius 2 is 1.68 bits per heavy atom. The van der Waals surface area contributed by atoms with Crippen molar-refractivity contribution in [2.24, 2.45) is 0 Å². The van der Waals surface area contributed by atoms with E-state index in [2.05, 4.69) is 26.6 Å². The third kappa shape index (κ3) is 3.90. The van der Waals surface area contributed by atoms with E-state index in [0.29, 0.717) is 16.9 Å². The van der Waals surface area contributed by atoms with Gasteiger partial charge >= 0.3 is 0 Å². The molecule has 0 atom stereocenters. The fourth-order valence-electron chi connectivity index (χ4n) is 1.47. The molecule has 2 amide bonds. The summed E-state index contributed by atoms with van der Waals surface area (Å²) in [6.45, 7) is 1.45. The van der Waals surface area contributed by atoms with Crippen molar-refractivity contribution in [1.82, 2.24) is 0 Å². The van der Waals surface area contributed by atoms with Gasteiger partial charge in [-0.25, -0.2) is 0 Å². The average Bonchev–Trinajstić information content (AvgIpc) is 2.78. The Hall–Kier alpha value is -1.66. The zero-order chi connectivity index (χ0) is 13.8. The first-order chi connectivity index (χ1) is 9.04. The Morgan fingerprint density at radius 3 is 2.16 bits per heavy atom.